The molecule has 0 aromatic heterocycles. The minimum Gasteiger partial charge on any atom is -1.00 e. The van der Waals surface area contributed by atoms with Crippen LogP contribution in [-0.4, -0.2) is 19.0 Å². The first-order chi connectivity index (χ1) is 7.73. The quantitative estimate of drug-likeness (QED) is 0.509. The predicted molar refractivity (Wildman–Crippen MR) is 78.5 cm³/mol. The lowest BCUT2D eigenvalue weighted by Crippen LogP contribution is -3.00. The maximum atomic E-state index is 2.55. The number of hydrogen-bond acceptors (Lipinski definition) is 0. The summed E-state index contributed by atoms with van der Waals surface area (Å²) in [6, 6.07) is 11.2. The summed E-state index contributed by atoms with van der Waals surface area (Å²) in [4.78, 5) is 0. The topological polar surface area (TPSA) is 0 Å². The van der Waals surface area contributed by atoms with E-state index in [-0.39, 0.29) is 24.0 Å². The van der Waals surface area contributed by atoms with Crippen LogP contribution >= 0.6 is 7.26 Å². The van der Waals surface area contributed by atoms with Crippen molar-refractivity contribution in [1.82, 2.24) is 0 Å². The number of unbranched alkanes of at least 4 members (excludes halogenated alkanes) is 2. The molecule has 2 heteroatoms. The number of rotatable bonds is 7. The van der Waals surface area contributed by atoms with E-state index in [2.05, 4.69) is 50.8 Å². The van der Waals surface area contributed by atoms with E-state index in [0.29, 0.717) is 0 Å². The fourth-order valence-corrected chi connectivity index (χ4v) is 5.83. The lowest BCUT2D eigenvalue weighted by molar-refractivity contribution is -0.00000355. The van der Waals surface area contributed by atoms with Gasteiger partial charge < -0.3 is 24.0 Å². The van der Waals surface area contributed by atoms with Gasteiger partial charge in [0.2, 0.25) is 0 Å². The van der Waals surface area contributed by atoms with Crippen molar-refractivity contribution < 1.29 is 24.0 Å². The van der Waals surface area contributed by atoms with Gasteiger partial charge in [0, 0.05) is 7.26 Å². The van der Waals surface area contributed by atoms with Gasteiger partial charge in [0.15, 0.2) is 0 Å². The molecular formula is C15H26IP. The monoisotopic (exact) mass is 364 g/mol. The van der Waals surface area contributed by atoms with Crippen LogP contribution in [0.3, 0.4) is 0 Å². The first-order valence-corrected chi connectivity index (χ1v) is 9.23. The molecular weight excluding hydrogens is 338 g/mol. The Morgan fingerprint density at radius 1 is 0.882 bits per heavy atom. The van der Waals surface area contributed by atoms with Crippen molar-refractivity contribution in [3.8, 4) is 0 Å². The predicted octanol–water partition coefficient (Wildman–Crippen LogP) is 1.56. The molecule has 0 heterocycles. The highest BCUT2D eigenvalue weighted by atomic mass is 127. The zero-order chi connectivity index (χ0) is 11.9. The first-order valence-electron chi connectivity index (χ1n) is 6.63. The van der Waals surface area contributed by atoms with Crippen LogP contribution in [-0.2, 0) is 0 Å². The Kier molecular flexibility index (Phi) is 9.54. The molecule has 0 bridgehead atoms. The largest absolute Gasteiger partial charge is 1.00 e. The van der Waals surface area contributed by atoms with Gasteiger partial charge in [-0.2, -0.15) is 0 Å². The Bertz CT molecular complexity index is 276. The molecule has 17 heavy (non-hydrogen) atoms. The summed E-state index contributed by atoms with van der Waals surface area (Å²) in [6.07, 6.45) is 8.32. The zero-order valence-electron chi connectivity index (χ0n) is 11.5. The minimum atomic E-state index is -0.855. The molecule has 0 atom stereocenters. The fraction of sp³-hybridized carbons (Fsp3) is 0.600. The third kappa shape index (κ3) is 5.70. The molecule has 0 aliphatic heterocycles. The summed E-state index contributed by atoms with van der Waals surface area (Å²) in [5, 5.41) is 1.64. The Hall–Kier alpha value is 0.380. The SMILES string of the molecule is CCCC[P+](C)(CCCC)c1ccccc1.[I-]. The summed E-state index contributed by atoms with van der Waals surface area (Å²) in [7, 11) is -0.855. The highest BCUT2D eigenvalue weighted by Crippen LogP contribution is 2.55. The van der Waals surface area contributed by atoms with Gasteiger partial charge in [0.25, 0.3) is 0 Å². The summed E-state index contributed by atoms with van der Waals surface area (Å²) in [5.41, 5.74) is 0. The van der Waals surface area contributed by atoms with E-state index >= 15 is 0 Å². The van der Waals surface area contributed by atoms with Crippen LogP contribution in [0.4, 0.5) is 0 Å². The molecule has 0 radical (unpaired) electrons. The Morgan fingerprint density at radius 3 is 1.76 bits per heavy atom. The van der Waals surface area contributed by atoms with Gasteiger partial charge in [-0.3, -0.25) is 0 Å². The lowest BCUT2D eigenvalue weighted by atomic mass is 10.4. The molecule has 0 N–H and O–H groups in total. The number of halogens is 1. The molecule has 0 amide bonds. The molecule has 1 rings (SSSR count). The average Bonchev–Trinajstić information content (AvgIpc) is 2.35. The first kappa shape index (κ1) is 17.4. The average molecular weight is 364 g/mol. The van der Waals surface area contributed by atoms with Crippen LogP contribution < -0.4 is 29.3 Å². The van der Waals surface area contributed by atoms with Crippen LogP contribution in [0.2, 0.25) is 0 Å². The highest BCUT2D eigenvalue weighted by Gasteiger charge is 2.32. The smallest absolute Gasteiger partial charge is 0.0936 e. The molecule has 0 saturated carbocycles. The van der Waals surface area contributed by atoms with Gasteiger partial charge in [-0.25, -0.2) is 0 Å². The number of benzene rings is 1. The van der Waals surface area contributed by atoms with E-state index in [4.69, 9.17) is 0 Å². The Labute approximate surface area is 125 Å². The van der Waals surface area contributed by atoms with E-state index in [1.165, 1.54) is 38.0 Å². The Morgan fingerprint density at radius 2 is 1.35 bits per heavy atom. The summed E-state index contributed by atoms with van der Waals surface area (Å²) >= 11 is 0. The van der Waals surface area contributed by atoms with Crippen molar-refractivity contribution in [2.45, 2.75) is 39.5 Å². The van der Waals surface area contributed by atoms with Crippen LogP contribution in [0.15, 0.2) is 30.3 Å². The van der Waals surface area contributed by atoms with E-state index in [9.17, 15) is 0 Å². The second-order valence-electron chi connectivity index (χ2n) is 4.89. The molecule has 0 aliphatic carbocycles. The van der Waals surface area contributed by atoms with Crippen LogP contribution in [0, 0.1) is 0 Å². The molecule has 0 saturated heterocycles. The van der Waals surface area contributed by atoms with Crippen molar-refractivity contribution >= 4 is 12.6 Å². The summed E-state index contributed by atoms with van der Waals surface area (Å²) in [6.45, 7) is 7.15. The maximum Gasteiger partial charge on any atom is 0.0936 e. The van der Waals surface area contributed by atoms with Gasteiger partial charge >= 0.3 is 0 Å². The van der Waals surface area contributed by atoms with Crippen LogP contribution in [0.5, 0.6) is 0 Å². The van der Waals surface area contributed by atoms with Crippen molar-refractivity contribution in [2.24, 2.45) is 0 Å². The lowest BCUT2D eigenvalue weighted by Gasteiger charge is -2.23. The van der Waals surface area contributed by atoms with Gasteiger partial charge in [0.1, 0.15) is 0 Å². The van der Waals surface area contributed by atoms with E-state index in [0.717, 1.165) is 0 Å². The highest BCUT2D eigenvalue weighted by molar-refractivity contribution is 7.82. The molecule has 98 valence electrons. The van der Waals surface area contributed by atoms with Crippen LogP contribution in [0.1, 0.15) is 39.5 Å². The van der Waals surface area contributed by atoms with Gasteiger partial charge in [-0.15, -0.1) is 0 Å². The van der Waals surface area contributed by atoms with Crippen molar-refractivity contribution in [1.29, 1.82) is 0 Å². The molecule has 0 spiro atoms. The van der Waals surface area contributed by atoms with E-state index in [1.54, 1.807) is 5.30 Å². The third-order valence-corrected chi connectivity index (χ3v) is 7.54. The van der Waals surface area contributed by atoms with Gasteiger partial charge in [-0.05, 0) is 25.0 Å². The van der Waals surface area contributed by atoms with Crippen molar-refractivity contribution in [3.05, 3.63) is 30.3 Å². The van der Waals surface area contributed by atoms with Gasteiger partial charge in [-0.1, -0.05) is 44.9 Å². The third-order valence-electron chi connectivity index (χ3n) is 3.39. The molecule has 1 aromatic rings. The van der Waals surface area contributed by atoms with Crippen molar-refractivity contribution in [2.75, 3.05) is 19.0 Å². The second-order valence-corrected chi connectivity index (χ2v) is 9.09. The van der Waals surface area contributed by atoms with Crippen LogP contribution in [0.25, 0.3) is 0 Å². The standard InChI is InChI=1S/C15H26P.HI/c1-4-6-13-16(3,14-7-5-2)15-11-9-8-10-12-15;/h8-12H,4-7,13-14H2,1-3H3;1H/q+1;/p-1. The normalized spacial score (nSPS) is 11.0. The number of hydrogen-bond donors (Lipinski definition) is 0. The van der Waals surface area contributed by atoms with Gasteiger partial charge in [0.05, 0.1) is 24.3 Å². The molecule has 0 aliphatic rings. The van der Waals surface area contributed by atoms with E-state index < -0.39 is 7.26 Å². The molecule has 0 nitrogen and oxygen atoms in total. The fourth-order valence-electron chi connectivity index (χ4n) is 2.17. The van der Waals surface area contributed by atoms with E-state index in [1.807, 2.05) is 0 Å². The zero-order valence-corrected chi connectivity index (χ0v) is 14.5. The summed E-state index contributed by atoms with van der Waals surface area (Å²) < 4.78 is 0. The second kappa shape index (κ2) is 9.33. The van der Waals surface area contributed by atoms with Crippen molar-refractivity contribution in [3.63, 3.8) is 0 Å². The maximum absolute atomic E-state index is 2.55. The Balaban J connectivity index is 0.00000256. The molecule has 0 unspecified atom stereocenters. The summed E-state index contributed by atoms with van der Waals surface area (Å²) in [5.74, 6) is 0. The minimum absolute atomic E-state index is 0. The molecule has 0 fully saturated rings. The molecule has 1 aromatic carbocycles.